The molecule has 0 saturated heterocycles. The summed E-state index contributed by atoms with van der Waals surface area (Å²) in [7, 11) is 1.57. The quantitative estimate of drug-likeness (QED) is 0.542. The molecule has 0 unspecified atom stereocenters. The van der Waals surface area contributed by atoms with Crippen molar-refractivity contribution in [2.24, 2.45) is 0 Å². The first-order valence-corrected chi connectivity index (χ1v) is 6.31. The topological polar surface area (TPSA) is 35.5 Å². The fourth-order valence-electron chi connectivity index (χ4n) is 1.29. The lowest BCUT2D eigenvalue weighted by Crippen LogP contribution is -2.04. The first-order chi connectivity index (χ1) is 7.83. The summed E-state index contributed by atoms with van der Waals surface area (Å²) in [4.78, 5) is 10.8. The molecule has 0 N–H and O–H groups in total. The number of aldehydes is 1. The van der Waals surface area contributed by atoms with Crippen LogP contribution in [-0.2, 0) is 0 Å². The van der Waals surface area contributed by atoms with Crippen molar-refractivity contribution in [1.82, 2.24) is 0 Å². The van der Waals surface area contributed by atoms with Crippen molar-refractivity contribution in [2.45, 2.75) is 6.92 Å². The number of carbonyl (C=O) groups is 1. The van der Waals surface area contributed by atoms with Crippen LogP contribution >= 0.6 is 11.8 Å². The highest BCUT2D eigenvalue weighted by Crippen LogP contribution is 2.29. The summed E-state index contributed by atoms with van der Waals surface area (Å²) < 4.78 is 10.7. The molecule has 88 valence electrons. The normalized spacial score (nSPS) is 9.88. The maximum atomic E-state index is 10.8. The summed E-state index contributed by atoms with van der Waals surface area (Å²) >= 11 is 1.80. The van der Waals surface area contributed by atoms with Crippen molar-refractivity contribution < 1.29 is 14.3 Å². The van der Waals surface area contributed by atoms with Crippen LogP contribution in [0.4, 0.5) is 0 Å². The van der Waals surface area contributed by atoms with Gasteiger partial charge in [0.15, 0.2) is 17.8 Å². The smallest absolute Gasteiger partial charge is 0.171 e. The molecule has 0 saturated carbocycles. The second-order valence-electron chi connectivity index (χ2n) is 3.04. The second kappa shape index (κ2) is 7.17. The number of hydrogen-bond acceptors (Lipinski definition) is 4. The number of methoxy groups -OCH3 is 1. The molecule has 0 amide bonds. The minimum atomic E-state index is 0.529. The molecule has 0 heterocycles. The Morgan fingerprint density at radius 1 is 1.44 bits per heavy atom. The molecule has 0 aliphatic rings. The highest BCUT2D eigenvalue weighted by molar-refractivity contribution is 7.99. The van der Waals surface area contributed by atoms with Crippen LogP contribution in [0, 0.1) is 0 Å². The standard InChI is InChI=1S/C12H16O3S/c1-3-16-8-7-15-12-10(9-13)5-4-6-11(12)14-2/h4-6,9H,3,7-8H2,1-2H3. The minimum absolute atomic E-state index is 0.529. The molecule has 3 nitrogen and oxygen atoms in total. The van der Waals surface area contributed by atoms with E-state index in [-0.39, 0.29) is 0 Å². The molecule has 0 bridgehead atoms. The van der Waals surface area contributed by atoms with Gasteiger partial charge in [0, 0.05) is 5.75 Å². The fraction of sp³-hybridized carbons (Fsp3) is 0.417. The third kappa shape index (κ3) is 3.45. The van der Waals surface area contributed by atoms with E-state index in [4.69, 9.17) is 9.47 Å². The van der Waals surface area contributed by atoms with E-state index in [0.717, 1.165) is 17.8 Å². The van der Waals surface area contributed by atoms with E-state index in [9.17, 15) is 4.79 Å². The van der Waals surface area contributed by atoms with Gasteiger partial charge in [0.05, 0.1) is 19.3 Å². The van der Waals surface area contributed by atoms with Gasteiger partial charge in [-0.1, -0.05) is 13.0 Å². The van der Waals surface area contributed by atoms with Gasteiger partial charge in [0.25, 0.3) is 0 Å². The molecule has 0 aromatic heterocycles. The molecule has 1 aromatic rings. The van der Waals surface area contributed by atoms with Crippen LogP contribution in [0.25, 0.3) is 0 Å². The van der Waals surface area contributed by atoms with Crippen LogP contribution in [-0.4, -0.2) is 31.5 Å². The summed E-state index contributed by atoms with van der Waals surface area (Å²) in [5.74, 6) is 3.12. The van der Waals surface area contributed by atoms with E-state index < -0.39 is 0 Å². The Balaban J connectivity index is 2.71. The van der Waals surface area contributed by atoms with E-state index in [0.29, 0.717) is 23.7 Å². The van der Waals surface area contributed by atoms with E-state index in [1.54, 1.807) is 37.1 Å². The number of rotatable bonds is 7. The number of hydrogen-bond donors (Lipinski definition) is 0. The van der Waals surface area contributed by atoms with E-state index >= 15 is 0 Å². The molecule has 1 aromatic carbocycles. The number of ether oxygens (including phenoxy) is 2. The average molecular weight is 240 g/mol. The zero-order valence-electron chi connectivity index (χ0n) is 9.56. The van der Waals surface area contributed by atoms with Crippen LogP contribution in [0.15, 0.2) is 18.2 Å². The molecule has 0 spiro atoms. The summed E-state index contributed by atoms with van der Waals surface area (Å²) in [5, 5.41) is 0. The van der Waals surface area contributed by atoms with E-state index in [1.165, 1.54) is 0 Å². The van der Waals surface area contributed by atoms with Gasteiger partial charge in [-0.15, -0.1) is 0 Å². The van der Waals surface area contributed by atoms with Crippen molar-refractivity contribution in [3.05, 3.63) is 23.8 Å². The lowest BCUT2D eigenvalue weighted by molar-refractivity contribution is 0.111. The lowest BCUT2D eigenvalue weighted by atomic mass is 10.2. The molecule has 0 atom stereocenters. The fourth-order valence-corrected chi connectivity index (χ4v) is 1.78. The van der Waals surface area contributed by atoms with Crippen molar-refractivity contribution in [3.63, 3.8) is 0 Å². The molecule has 0 fully saturated rings. The Hall–Kier alpha value is -1.16. The monoisotopic (exact) mass is 240 g/mol. The maximum absolute atomic E-state index is 10.8. The Morgan fingerprint density at radius 3 is 2.88 bits per heavy atom. The van der Waals surface area contributed by atoms with Gasteiger partial charge in [-0.2, -0.15) is 11.8 Å². The Bertz CT molecular complexity index is 339. The molecule has 16 heavy (non-hydrogen) atoms. The van der Waals surface area contributed by atoms with Gasteiger partial charge < -0.3 is 9.47 Å². The third-order valence-electron chi connectivity index (χ3n) is 2.03. The van der Waals surface area contributed by atoms with E-state index in [1.807, 2.05) is 0 Å². The SMILES string of the molecule is CCSCCOc1c(C=O)cccc1OC. The number of benzene rings is 1. The van der Waals surface area contributed by atoms with Gasteiger partial charge in [0.1, 0.15) is 0 Å². The first kappa shape index (κ1) is 12.9. The predicted molar refractivity (Wildman–Crippen MR) is 66.9 cm³/mol. The van der Waals surface area contributed by atoms with Crippen molar-refractivity contribution in [2.75, 3.05) is 25.2 Å². The zero-order valence-corrected chi connectivity index (χ0v) is 10.4. The molecule has 4 heteroatoms. The van der Waals surface area contributed by atoms with Gasteiger partial charge in [-0.25, -0.2) is 0 Å². The highest BCUT2D eigenvalue weighted by atomic mass is 32.2. The largest absolute Gasteiger partial charge is 0.493 e. The molecule has 0 aliphatic carbocycles. The molecular formula is C12H16O3S. The maximum Gasteiger partial charge on any atom is 0.171 e. The van der Waals surface area contributed by atoms with Crippen LogP contribution in [0.5, 0.6) is 11.5 Å². The predicted octanol–water partition coefficient (Wildman–Crippen LogP) is 2.64. The highest BCUT2D eigenvalue weighted by Gasteiger charge is 2.09. The van der Waals surface area contributed by atoms with Crippen LogP contribution in [0.1, 0.15) is 17.3 Å². The van der Waals surface area contributed by atoms with Crippen molar-refractivity contribution in [1.29, 1.82) is 0 Å². The molecular weight excluding hydrogens is 224 g/mol. The summed E-state index contributed by atoms with van der Waals surface area (Å²) in [6.07, 6.45) is 0.783. The van der Waals surface area contributed by atoms with Gasteiger partial charge in [0.2, 0.25) is 0 Å². The zero-order chi connectivity index (χ0) is 11.8. The number of carbonyl (C=O) groups excluding carboxylic acids is 1. The Morgan fingerprint density at radius 2 is 2.25 bits per heavy atom. The van der Waals surface area contributed by atoms with Gasteiger partial charge in [-0.3, -0.25) is 4.79 Å². The Kier molecular flexibility index (Phi) is 5.78. The first-order valence-electron chi connectivity index (χ1n) is 5.16. The lowest BCUT2D eigenvalue weighted by Gasteiger charge is -2.11. The molecule has 0 aliphatic heterocycles. The summed E-state index contributed by atoms with van der Waals surface area (Å²) in [6, 6.07) is 5.28. The number of para-hydroxylation sites is 1. The summed E-state index contributed by atoms with van der Waals surface area (Å²) in [6.45, 7) is 2.68. The number of thioether (sulfide) groups is 1. The van der Waals surface area contributed by atoms with Gasteiger partial charge >= 0.3 is 0 Å². The average Bonchev–Trinajstić information content (AvgIpc) is 2.34. The van der Waals surface area contributed by atoms with Crippen LogP contribution in [0.3, 0.4) is 0 Å². The van der Waals surface area contributed by atoms with Gasteiger partial charge in [-0.05, 0) is 17.9 Å². The van der Waals surface area contributed by atoms with Crippen LogP contribution in [0.2, 0.25) is 0 Å². The minimum Gasteiger partial charge on any atom is -0.493 e. The van der Waals surface area contributed by atoms with Crippen molar-refractivity contribution in [3.8, 4) is 11.5 Å². The molecule has 0 radical (unpaired) electrons. The summed E-state index contributed by atoms with van der Waals surface area (Å²) in [5.41, 5.74) is 0.529. The van der Waals surface area contributed by atoms with E-state index in [2.05, 4.69) is 6.92 Å². The van der Waals surface area contributed by atoms with Crippen LogP contribution < -0.4 is 9.47 Å². The second-order valence-corrected chi connectivity index (χ2v) is 4.44. The third-order valence-corrected chi connectivity index (χ3v) is 2.90. The molecule has 1 rings (SSSR count). The van der Waals surface area contributed by atoms with Crippen molar-refractivity contribution >= 4 is 18.0 Å². The Labute approximate surface area is 100 Å².